The molecule has 0 radical (unpaired) electrons. The number of ether oxygens (including phenoxy) is 1. The summed E-state index contributed by atoms with van der Waals surface area (Å²) in [6.45, 7) is 13.4. The molecule has 6 nitrogen and oxygen atoms in total. The number of rotatable bonds is 7. The SMILES string of the molecule is CCNC(=NCC(C)N1CCN(C)CC1)NC(C)COC. The summed E-state index contributed by atoms with van der Waals surface area (Å²) < 4.78 is 5.16. The molecule has 6 heteroatoms. The normalized spacial score (nSPS) is 21.1. The molecule has 0 aliphatic carbocycles. The molecule has 2 unspecified atom stereocenters. The molecule has 0 bridgehead atoms. The van der Waals surface area contributed by atoms with Gasteiger partial charge in [0.05, 0.1) is 13.2 Å². The second-order valence-corrected chi connectivity index (χ2v) is 5.91. The van der Waals surface area contributed by atoms with E-state index in [2.05, 4.69) is 48.3 Å². The van der Waals surface area contributed by atoms with Crippen molar-refractivity contribution in [3.8, 4) is 0 Å². The van der Waals surface area contributed by atoms with Gasteiger partial charge in [0.2, 0.25) is 0 Å². The molecule has 0 spiro atoms. The smallest absolute Gasteiger partial charge is 0.191 e. The van der Waals surface area contributed by atoms with Gasteiger partial charge < -0.3 is 20.3 Å². The third-order valence-corrected chi connectivity index (χ3v) is 3.82. The summed E-state index contributed by atoms with van der Waals surface area (Å²) in [5, 5.41) is 6.67. The Bertz CT molecular complexity index is 302. The molecule has 0 amide bonds. The number of guanidine groups is 1. The van der Waals surface area contributed by atoms with Gasteiger partial charge in [-0.25, -0.2) is 0 Å². The van der Waals surface area contributed by atoms with Crippen molar-refractivity contribution < 1.29 is 4.74 Å². The van der Waals surface area contributed by atoms with Gasteiger partial charge >= 0.3 is 0 Å². The summed E-state index contributed by atoms with van der Waals surface area (Å²) in [6, 6.07) is 0.735. The molecule has 1 saturated heterocycles. The van der Waals surface area contributed by atoms with Crippen LogP contribution in [0.3, 0.4) is 0 Å². The van der Waals surface area contributed by atoms with Crippen LogP contribution in [0.5, 0.6) is 0 Å². The van der Waals surface area contributed by atoms with Crippen molar-refractivity contribution in [3.05, 3.63) is 0 Å². The van der Waals surface area contributed by atoms with E-state index in [1.807, 2.05) is 0 Å². The van der Waals surface area contributed by atoms with E-state index in [9.17, 15) is 0 Å². The van der Waals surface area contributed by atoms with Gasteiger partial charge in [-0.3, -0.25) is 9.89 Å². The largest absolute Gasteiger partial charge is 0.383 e. The Morgan fingerprint density at radius 1 is 1.24 bits per heavy atom. The fourth-order valence-corrected chi connectivity index (χ4v) is 2.45. The first-order valence-corrected chi connectivity index (χ1v) is 8.03. The van der Waals surface area contributed by atoms with E-state index in [-0.39, 0.29) is 6.04 Å². The Balaban J connectivity index is 2.44. The van der Waals surface area contributed by atoms with Crippen molar-refractivity contribution >= 4 is 5.96 Å². The average Bonchev–Trinajstić information content (AvgIpc) is 2.45. The standard InChI is InChI=1S/C15H33N5O/c1-6-16-15(18-13(2)12-21-5)17-11-14(3)20-9-7-19(4)8-10-20/h13-14H,6-12H2,1-5H3,(H2,16,17,18). The van der Waals surface area contributed by atoms with Gasteiger partial charge in [0.15, 0.2) is 5.96 Å². The number of nitrogens with zero attached hydrogens (tertiary/aromatic N) is 3. The number of hydrogen-bond donors (Lipinski definition) is 2. The molecule has 0 aromatic rings. The maximum absolute atomic E-state index is 5.16. The maximum atomic E-state index is 5.16. The fraction of sp³-hybridized carbons (Fsp3) is 0.933. The first-order chi connectivity index (χ1) is 10.1. The van der Waals surface area contributed by atoms with Gasteiger partial charge in [0.1, 0.15) is 0 Å². The fourth-order valence-electron chi connectivity index (χ4n) is 2.45. The number of likely N-dealkylation sites (N-methyl/N-ethyl adjacent to an activating group) is 1. The van der Waals surface area contributed by atoms with Crippen LogP contribution in [-0.2, 0) is 4.74 Å². The van der Waals surface area contributed by atoms with Crippen LogP contribution in [0.4, 0.5) is 0 Å². The highest BCUT2D eigenvalue weighted by Gasteiger charge is 2.18. The summed E-state index contributed by atoms with van der Waals surface area (Å²) >= 11 is 0. The number of hydrogen-bond acceptors (Lipinski definition) is 4. The van der Waals surface area contributed by atoms with Crippen molar-refractivity contribution in [2.45, 2.75) is 32.9 Å². The first kappa shape index (κ1) is 18.2. The first-order valence-electron chi connectivity index (χ1n) is 8.03. The van der Waals surface area contributed by atoms with Crippen molar-refractivity contribution in [2.75, 3.05) is 60.0 Å². The molecular weight excluding hydrogens is 266 g/mol. The third-order valence-electron chi connectivity index (χ3n) is 3.82. The minimum Gasteiger partial charge on any atom is -0.383 e. The van der Waals surface area contributed by atoms with Crippen LogP contribution < -0.4 is 10.6 Å². The number of nitrogens with one attached hydrogen (secondary N) is 2. The van der Waals surface area contributed by atoms with E-state index < -0.39 is 0 Å². The van der Waals surface area contributed by atoms with Crippen molar-refractivity contribution in [1.29, 1.82) is 0 Å². The Labute approximate surface area is 129 Å². The van der Waals surface area contributed by atoms with E-state index in [4.69, 9.17) is 9.73 Å². The van der Waals surface area contributed by atoms with Gasteiger partial charge in [-0.05, 0) is 27.8 Å². The van der Waals surface area contributed by atoms with Gasteiger partial charge in [0.25, 0.3) is 0 Å². The molecule has 21 heavy (non-hydrogen) atoms. The molecule has 0 saturated carbocycles. The van der Waals surface area contributed by atoms with Gasteiger partial charge in [0, 0.05) is 51.9 Å². The minimum atomic E-state index is 0.256. The van der Waals surface area contributed by atoms with E-state index in [1.165, 1.54) is 0 Å². The molecule has 2 atom stereocenters. The molecule has 1 aliphatic rings. The summed E-state index contributed by atoms with van der Waals surface area (Å²) in [5.41, 5.74) is 0. The van der Waals surface area contributed by atoms with Crippen molar-refractivity contribution in [2.24, 2.45) is 4.99 Å². The van der Waals surface area contributed by atoms with E-state index in [0.717, 1.165) is 45.2 Å². The summed E-state index contributed by atoms with van der Waals surface area (Å²) in [6.07, 6.45) is 0. The predicted octanol–water partition coefficient (Wildman–Crippen LogP) is 0.212. The second-order valence-electron chi connectivity index (χ2n) is 5.91. The lowest BCUT2D eigenvalue weighted by molar-refractivity contribution is 0.122. The van der Waals surface area contributed by atoms with E-state index in [0.29, 0.717) is 12.6 Å². The van der Waals surface area contributed by atoms with E-state index >= 15 is 0 Å². The summed E-state index contributed by atoms with van der Waals surface area (Å²) in [7, 11) is 3.90. The van der Waals surface area contributed by atoms with E-state index in [1.54, 1.807) is 7.11 Å². The molecule has 1 heterocycles. The minimum absolute atomic E-state index is 0.256. The number of methoxy groups -OCH3 is 1. The third kappa shape index (κ3) is 7.11. The molecule has 2 N–H and O–H groups in total. The van der Waals surface area contributed by atoms with Crippen molar-refractivity contribution in [3.63, 3.8) is 0 Å². The lowest BCUT2D eigenvalue weighted by Gasteiger charge is -2.36. The van der Waals surface area contributed by atoms with Crippen LogP contribution in [0.2, 0.25) is 0 Å². The molecule has 0 aromatic carbocycles. The maximum Gasteiger partial charge on any atom is 0.191 e. The lowest BCUT2D eigenvalue weighted by Crippen LogP contribution is -2.49. The Morgan fingerprint density at radius 3 is 2.48 bits per heavy atom. The van der Waals surface area contributed by atoms with Crippen LogP contribution >= 0.6 is 0 Å². The zero-order chi connectivity index (χ0) is 15.7. The highest BCUT2D eigenvalue weighted by molar-refractivity contribution is 5.80. The zero-order valence-electron chi connectivity index (χ0n) is 14.4. The van der Waals surface area contributed by atoms with Crippen LogP contribution in [0.15, 0.2) is 4.99 Å². The van der Waals surface area contributed by atoms with Crippen LogP contribution in [0.1, 0.15) is 20.8 Å². The topological polar surface area (TPSA) is 52.1 Å². The molecule has 1 aliphatic heterocycles. The Hall–Kier alpha value is -0.850. The molecule has 0 aromatic heterocycles. The Kier molecular flexibility index (Phi) is 8.64. The quantitative estimate of drug-likeness (QED) is 0.520. The predicted molar refractivity (Wildman–Crippen MR) is 89.0 cm³/mol. The summed E-state index contributed by atoms with van der Waals surface area (Å²) in [4.78, 5) is 9.61. The number of piperazine rings is 1. The number of aliphatic imine (C=N–C) groups is 1. The molecule has 124 valence electrons. The molecule has 1 rings (SSSR count). The highest BCUT2D eigenvalue weighted by atomic mass is 16.5. The average molecular weight is 299 g/mol. The van der Waals surface area contributed by atoms with Crippen LogP contribution in [0.25, 0.3) is 0 Å². The second kappa shape index (κ2) is 9.97. The van der Waals surface area contributed by atoms with Crippen LogP contribution in [0, 0.1) is 0 Å². The zero-order valence-corrected chi connectivity index (χ0v) is 14.4. The van der Waals surface area contributed by atoms with Gasteiger partial charge in [-0.1, -0.05) is 0 Å². The van der Waals surface area contributed by atoms with Gasteiger partial charge in [-0.2, -0.15) is 0 Å². The Morgan fingerprint density at radius 2 is 1.90 bits per heavy atom. The molecule has 1 fully saturated rings. The van der Waals surface area contributed by atoms with Gasteiger partial charge in [-0.15, -0.1) is 0 Å². The van der Waals surface area contributed by atoms with Crippen LogP contribution in [-0.4, -0.2) is 87.9 Å². The molecular formula is C15H33N5O. The summed E-state index contributed by atoms with van der Waals surface area (Å²) in [5.74, 6) is 0.878. The lowest BCUT2D eigenvalue weighted by atomic mass is 10.2. The van der Waals surface area contributed by atoms with Crippen molar-refractivity contribution in [1.82, 2.24) is 20.4 Å². The monoisotopic (exact) mass is 299 g/mol. The highest BCUT2D eigenvalue weighted by Crippen LogP contribution is 2.05.